The first-order valence-electron chi connectivity index (χ1n) is 11.4. The molecular weight excluding hydrogens is 416 g/mol. The predicted molar refractivity (Wildman–Crippen MR) is 129 cm³/mol. The number of para-hydroxylation sites is 2. The molecule has 0 bridgehead atoms. The van der Waals surface area contributed by atoms with Crippen molar-refractivity contribution < 1.29 is 9.90 Å². The molecule has 168 valence electrons. The Balaban J connectivity index is 1.66. The summed E-state index contributed by atoms with van der Waals surface area (Å²) in [5, 5.41) is 15.6. The Bertz CT molecular complexity index is 1430. The minimum atomic E-state index is -0.909. The van der Waals surface area contributed by atoms with E-state index in [0.717, 1.165) is 42.1 Å². The van der Waals surface area contributed by atoms with Crippen molar-refractivity contribution in [1.82, 2.24) is 14.2 Å². The highest BCUT2D eigenvalue weighted by Crippen LogP contribution is 2.32. The number of aromatic nitrogens is 3. The van der Waals surface area contributed by atoms with Gasteiger partial charge in [-0.05, 0) is 38.0 Å². The average Bonchev–Trinajstić information content (AvgIpc) is 3.22. The van der Waals surface area contributed by atoms with Gasteiger partial charge in [0.25, 0.3) is 5.56 Å². The summed E-state index contributed by atoms with van der Waals surface area (Å²) in [6, 6.07) is 14.3. The van der Waals surface area contributed by atoms with Gasteiger partial charge in [-0.3, -0.25) is 4.79 Å². The van der Waals surface area contributed by atoms with E-state index in [-0.39, 0.29) is 11.5 Å². The van der Waals surface area contributed by atoms with E-state index in [4.69, 9.17) is 4.98 Å². The minimum absolute atomic E-state index is 0.180. The zero-order valence-corrected chi connectivity index (χ0v) is 18.5. The summed E-state index contributed by atoms with van der Waals surface area (Å²) in [6.45, 7) is 1.65. The van der Waals surface area contributed by atoms with Gasteiger partial charge in [0.2, 0.25) is 0 Å². The number of carboxylic acids is 1. The molecule has 1 aliphatic rings. The molecule has 0 amide bonds. The van der Waals surface area contributed by atoms with Gasteiger partial charge < -0.3 is 9.67 Å². The molecule has 33 heavy (non-hydrogen) atoms. The molecule has 1 saturated carbocycles. The Morgan fingerprint density at radius 2 is 1.79 bits per heavy atom. The van der Waals surface area contributed by atoms with Crippen LogP contribution in [0, 0.1) is 0 Å². The highest BCUT2D eigenvalue weighted by molar-refractivity contribution is 6.00. The molecular formula is C26H26N4O3. The summed E-state index contributed by atoms with van der Waals surface area (Å²) < 4.78 is 3.17. The minimum Gasteiger partial charge on any atom is -0.480 e. The zero-order valence-electron chi connectivity index (χ0n) is 18.5. The summed E-state index contributed by atoms with van der Waals surface area (Å²) in [5.74, 6) is -0.00681. The Morgan fingerprint density at radius 1 is 1.09 bits per heavy atom. The third-order valence-electron chi connectivity index (χ3n) is 6.61. The van der Waals surface area contributed by atoms with Crippen LogP contribution in [-0.4, -0.2) is 31.5 Å². The van der Waals surface area contributed by atoms with Crippen molar-refractivity contribution >= 4 is 34.0 Å². The number of hydrogen-bond donors (Lipinski definition) is 1. The number of carboxylic acid groups (broad SMARTS) is 1. The van der Waals surface area contributed by atoms with Crippen LogP contribution in [0.5, 0.6) is 0 Å². The van der Waals surface area contributed by atoms with Gasteiger partial charge in [-0.1, -0.05) is 49.6 Å². The summed E-state index contributed by atoms with van der Waals surface area (Å²) in [4.78, 5) is 29.9. The lowest BCUT2D eigenvalue weighted by Crippen LogP contribution is -2.25. The van der Waals surface area contributed by atoms with Crippen LogP contribution < -0.4 is 5.56 Å². The number of benzene rings is 2. The standard InChI is InChI=1S/C26H26N4O3/c1-17(26(32)33)29-16-19(20-11-6-8-14-23(20)29)15-27-30-24(18-9-3-2-4-10-18)28-22-13-7-5-12-21(22)25(30)31/h5-8,11-18H,2-4,9-10H2,1H3,(H,32,33)/t17-/m1/s1. The summed E-state index contributed by atoms with van der Waals surface area (Å²) in [6.07, 6.45) is 8.88. The fraction of sp³-hybridized carbons (Fsp3) is 0.308. The van der Waals surface area contributed by atoms with Gasteiger partial charge in [-0.25, -0.2) is 9.78 Å². The number of rotatable bonds is 5. The average molecular weight is 443 g/mol. The largest absolute Gasteiger partial charge is 0.480 e. The van der Waals surface area contributed by atoms with Gasteiger partial charge in [0, 0.05) is 28.6 Å². The molecule has 5 rings (SSSR count). The number of aliphatic carboxylic acids is 1. The van der Waals surface area contributed by atoms with Crippen LogP contribution in [0.4, 0.5) is 0 Å². The Kier molecular flexibility index (Phi) is 5.54. The van der Waals surface area contributed by atoms with E-state index in [1.54, 1.807) is 30.0 Å². The van der Waals surface area contributed by atoms with Crippen LogP contribution in [0.15, 0.2) is 64.6 Å². The first kappa shape index (κ1) is 21.1. The predicted octanol–water partition coefficient (Wildman–Crippen LogP) is 4.93. The van der Waals surface area contributed by atoms with E-state index in [0.29, 0.717) is 16.7 Å². The molecule has 4 aromatic rings. The normalized spacial score (nSPS) is 16.0. The highest BCUT2D eigenvalue weighted by atomic mass is 16.4. The lowest BCUT2D eigenvalue weighted by Gasteiger charge is -2.22. The SMILES string of the molecule is C[C@H](C(=O)O)n1cc(C=Nn2c(C3CCCCC3)nc3ccccc3c2=O)c2ccccc21. The maximum atomic E-state index is 13.4. The fourth-order valence-corrected chi connectivity index (χ4v) is 4.77. The molecule has 0 saturated heterocycles. The summed E-state index contributed by atoms with van der Waals surface area (Å²) in [5.41, 5.74) is 2.08. The second-order valence-electron chi connectivity index (χ2n) is 8.71. The second kappa shape index (κ2) is 8.65. The molecule has 0 radical (unpaired) electrons. The van der Waals surface area contributed by atoms with Crippen molar-refractivity contribution in [2.45, 2.75) is 51.0 Å². The molecule has 2 aromatic carbocycles. The van der Waals surface area contributed by atoms with Crippen molar-refractivity contribution in [3.8, 4) is 0 Å². The third-order valence-corrected chi connectivity index (χ3v) is 6.61. The van der Waals surface area contributed by atoms with Gasteiger partial charge in [0.05, 0.1) is 17.1 Å². The van der Waals surface area contributed by atoms with E-state index < -0.39 is 12.0 Å². The van der Waals surface area contributed by atoms with Crippen molar-refractivity contribution in [2.24, 2.45) is 5.10 Å². The third kappa shape index (κ3) is 3.84. The molecule has 2 aromatic heterocycles. The van der Waals surface area contributed by atoms with Crippen LogP contribution in [0.3, 0.4) is 0 Å². The number of hydrogen-bond acceptors (Lipinski definition) is 4. The molecule has 0 spiro atoms. The van der Waals surface area contributed by atoms with E-state index in [1.807, 2.05) is 42.5 Å². The van der Waals surface area contributed by atoms with Crippen LogP contribution >= 0.6 is 0 Å². The molecule has 7 heteroatoms. The lowest BCUT2D eigenvalue weighted by molar-refractivity contribution is -0.140. The van der Waals surface area contributed by atoms with Crippen LogP contribution in [0.25, 0.3) is 21.8 Å². The van der Waals surface area contributed by atoms with E-state index in [1.165, 1.54) is 11.1 Å². The topological polar surface area (TPSA) is 89.5 Å². The van der Waals surface area contributed by atoms with Gasteiger partial charge in [-0.15, -0.1) is 0 Å². The fourth-order valence-electron chi connectivity index (χ4n) is 4.77. The van der Waals surface area contributed by atoms with E-state index >= 15 is 0 Å². The molecule has 1 aliphatic carbocycles. The maximum Gasteiger partial charge on any atom is 0.326 e. The molecule has 1 atom stereocenters. The first-order chi connectivity index (χ1) is 16.0. The van der Waals surface area contributed by atoms with Crippen LogP contribution in [0.1, 0.15) is 62.4 Å². The zero-order chi connectivity index (χ0) is 22.9. The number of fused-ring (bicyclic) bond motifs is 2. The lowest BCUT2D eigenvalue weighted by atomic mass is 9.88. The first-order valence-corrected chi connectivity index (χ1v) is 11.4. The van der Waals surface area contributed by atoms with Gasteiger partial charge >= 0.3 is 5.97 Å². The molecule has 1 N–H and O–H groups in total. The molecule has 1 fully saturated rings. The van der Waals surface area contributed by atoms with Gasteiger partial charge in [0.1, 0.15) is 11.9 Å². The van der Waals surface area contributed by atoms with Crippen molar-refractivity contribution in [1.29, 1.82) is 0 Å². The Morgan fingerprint density at radius 3 is 2.55 bits per heavy atom. The molecule has 0 unspecified atom stereocenters. The van der Waals surface area contributed by atoms with Gasteiger partial charge in [-0.2, -0.15) is 9.78 Å². The quantitative estimate of drug-likeness (QED) is 0.444. The Hall–Kier alpha value is -3.74. The molecule has 0 aliphatic heterocycles. The second-order valence-corrected chi connectivity index (χ2v) is 8.71. The van der Waals surface area contributed by atoms with E-state index in [9.17, 15) is 14.7 Å². The maximum absolute atomic E-state index is 13.4. The highest BCUT2D eigenvalue weighted by Gasteiger charge is 2.23. The van der Waals surface area contributed by atoms with Crippen molar-refractivity contribution in [3.05, 3.63) is 76.5 Å². The van der Waals surface area contributed by atoms with E-state index in [2.05, 4.69) is 5.10 Å². The van der Waals surface area contributed by atoms with Crippen molar-refractivity contribution in [2.75, 3.05) is 0 Å². The molecule has 2 heterocycles. The summed E-state index contributed by atoms with van der Waals surface area (Å²) >= 11 is 0. The van der Waals surface area contributed by atoms with Gasteiger partial charge in [0.15, 0.2) is 0 Å². The van der Waals surface area contributed by atoms with Crippen molar-refractivity contribution in [3.63, 3.8) is 0 Å². The molecule has 7 nitrogen and oxygen atoms in total. The Labute approximate surface area is 191 Å². The van der Waals surface area contributed by atoms with Crippen LogP contribution in [-0.2, 0) is 4.79 Å². The summed E-state index contributed by atoms with van der Waals surface area (Å²) in [7, 11) is 0. The number of nitrogens with zero attached hydrogens (tertiary/aromatic N) is 4. The number of carbonyl (C=O) groups is 1. The van der Waals surface area contributed by atoms with Crippen LogP contribution in [0.2, 0.25) is 0 Å². The monoisotopic (exact) mass is 442 g/mol. The smallest absolute Gasteiger partial charge is 0.326 e.